The van der Waals surface area contributed by atoms with E-state index in [9.17, 15) is 30.7 Å². The summed E-state index contributed by atoms with van der Waals surface area (Å²) in [4.78, 5) is 6.16. The van der Waals surface area contributed by atoms with Crippen LogP contribution in [0.2, 0.25) is 0 Å². The summed E-state index contributed by atoms with van der Waals surface area (Å²) in [5.74, 6) is -0.0158. The van der Waals surface area contributed by atoms with Gasteiger partial charge in [-0.05, 0) is 66.2 Å². The molecule has 0 saturated carbocycles. The van der Waals surface area contributed by atoms with Gasteiger partial charge in [-0.25, -0.2) is 4.39 Å². The Balaban J connectivity index is 1.67. The minimum absolute atomic E-state index is 0.0173. The molecule has 1 saturated heterocycles. The molecule has 1 N–H and O–H groups in total. The number of aliphatic imine (C=N–C) groups is 1. The Morgan fingerprint density at radius 1 is 0.947 bits per heavy atom. The van der Waals surface area contributed by atoms with Crippen LogP contribution in [0.5, 0.6) is 0 Å². The van der Waals surface area contributed by atoms with Gasteiger partial charge in [-0.1, -0.05) is 48.2 Å². The average Bonchev–Trinajstić information content (AvgIpc) is 3.31. The molecular formula is C26H20F7N3S2. The van der Waals surface area contributed by atoms with Gasteiger partial charge in [0.25, 0.3) is 0 Å². The molecule has 1 atom stereocenters. The van der Waals surface area contributed by atoms with Crippen molar-refractivity contribution in [3.63, 3.8) is 0 Å². The van der Waals surface area contributed by atoms with Crippen molar-refractivity contribution in [2.75, 3.05) is 17.6 Å². The number of halogens is 7. The number of nitrogens with zero attached hydrogens (tertiary/aromatic N) is 2. The second-order valence-corrected chi connectivity index (χ2v) is 9.80. The smallest absolute Gasteiger partial charge is 0.332 e. The van der Waals surface area contributed by atoms with E-state index in [0.717, 1.165) is 18.2 Å². The fourth-order valence-electron chi connectivity index (χ4n) is 3.95. The summed E-state index contributed by atoms with van der Waals surface area (Å²) in [6.45, 7) is 0.349. The number of alkyl halides is 6. The monoisotopic (exact) mass is 571 g/mol. The SMILES string of the molecule is Fc1cccc(CC(N=C2SCCN2C(=S)Nc2cccc(C(F)(F)F)c2)c2ccccc2C(F)(F)F)c1. The molecule has 1 aliphatic heterocycles. The molecule has 1 unspecified atom stereocenters. The van der Waals surface area contributed by atoms with Gasteiger partial charge in [0.15, 0.2) is 10.3 Å². The Bertz CT molecular complexity index is 1340. The van der Waals surface area contributed by atoms with Crippen LogP contribution in [0, 0.1) is 5.82 Å². The van der Waals surface area contributed by atoms with Crippen molar-refractivity contribution >= 4 is 39.9 Å². The fourth-order valence-corrected chi connectivity index (χ4v) is 5.30. The van der Waals surface area contributed by atoms with E-state index < -0.39 is 35.3 Å². The predicted octanol–water partition coefficient (Wildman–Crippen LogP) is 7.95. The molecule has 0 bridgehead atoms. The quantitative estimate of drug-likeness (QED) is 0.249. The van der Waals surface area contributed by atoms with Crippen LogP contribution >= 0.6 is 24.0 Å². The molecule has 200 valence electrons. The van der Waals surface area contributed by atoms with E-state index in [4.69, 9.17) is 12.2 Å². The highest BCUT2D eigenvalue weighted by atomic mass is 32.2. The highest BCUT2D eigenvalue weighted by molar-refractivity contribution is 8.14. The van der Waals surface area contributed by atoms with Gasteiger partial charge in [-0.3, -0.25) is 9.89 Å². The number of thioether (sulfide) groups is 1. The van der Waals surface area contributed by atoms with E-state index in [2.05, 4.69) is 10.3 Å². The Labute approximate surface area is 223 Å². The number of amidine groups is 1. The summed E-state index contributed by atoms with van der Waals surface area (Å²) >= 11 is 6.68. The number of hydrogen-bond donors (Lipinski definition) is 1. The lowest BCUT2D eigenvalue weighted by Crippen LogP contribution is -2.35. The van der Waals surface area contributed by atoms with Crippen LogP contribution in [-0.4, -0.2) is 27.5 Å². The molecule has 3 aromatic rings. The number of rotatable bonds is 5. The third kappa shape index (κ3) is 6.84. The third-order valence-electron chi connectivity index (χ3n) is 5.67. The van der Waals surface area contributed by atoms with Gasteiger partial charge in [0.1, 0.15) is 5.82 Å². The zero-order valence-corrected chi connectivity index (χ0v) is 21.1. The van der Waals surface area contributed by atoms with Gasteiger partial charge in [0.2, 0.25) is 0 Å². The first-order valence-corrected chi connectivity index (χ1v) is 12.7. The zero-order chi connectivity index (χ0) is 27.5. The first-order chi connectivity index (χ1) is 17.9. The lowest BCUT2D eigenvalue weighted by molar-refractivity contribution is -0.138. The normalized spacial score (nSPS) is 16.1. The second-order valence-electron chi connectivity index (χ2n) is 8.36. The van der Waals surface area contributed by atoms with Gasteiger partial charge in [0.05, 0.1) is 17.2 Å². The Morgan fingerprint density at radius 3 is 2.39 bits per heavy atom. The second kappa shape index (κ2) is 11.3. The summed E-state index contributed by atoms with van der Waals surface area (Å²) in [7, 11) is 0. The number of benzene rings is 3. The molecule has 12 heteroatoms. The largest absolute Gasteiger partial charge is 0.416 e. The molecule has 4 rings (SSSR count). The first kappa shape index (κ1) is 27.9. The van der Waals surface area contributed by atoms with Crippen LogP contribution in [-0.2, 0) is 18.8 Å². The van der Waals surface area contributed by atoms with Crippen LogP contribution in [0.1, 0.15) is 28.3 Å². The van der Waals surface area contributed by atoms with Gasteiger partial charge in [-0.15, -0.1) is 0 Å². The predicted molar refractivity (Wildman–Crippen MR) is 139 cm³/mol. The van der Waals surface area contributed by atoms with E-state index >= 15 is 0 Å². The minimum atomic E-state index is -4.64. The van der Waals surface area contributed by atoms with Crippen LogP contribution < -0.4 is 5.32 Å². The summed E-state index contributed by atoms with van der Waals surface area (Å²) < 4.78 is 94.7. The van der Waals surface area contributed by atoms with Gasteiger partial charge < -0.3 is 5.32 Å². The Kier molecular flexibility index (Phi) is 8.31. The highest BCUT2D eigenvalue weighted by Gasteiger charge is 2.36. The van der Waals surface area contributed by atoms with E-state index in [1.54, 1.807) is 6.07 Å². The van der Waals surface area contributed by atoms with Crippen molar-refractivity contribution in [3.8, 4) is 0 Å². The van der Waals surface area contributed by atoms with Gasteiger partial charge >= 0.3 is 12.4 Å². The van der Waals surface area contributed by atoms with Crippen LogP contribution in [0.25, 0.3) is 0 Å². The number of thiocarbonyl (C=S) groups is 1. The summed E-state index contributed by atoms with van der Waals surface area (Å²) in [6, 6.07) is 14.1. The summed E-state index contributed by atoms with van der Waals surface area (Å²) in [6.07, 6.45) is -9.19. The molecule has 0 aliphatic carbocycles. The van der Waals surface area contributed by atoms with Crippen molar-refractivity contribution < 1.29 is 30.7 Å². The number of hydrogen-bond acceptors (Lipinski definition) is 3. The molecule has 0 aromatic heterocycles. The molecular weight excluding hydrogens is 551 g/mol. The van der Waals surface area contributed by atoms with Crippen molar-refractivity contribution in [2.45, 2.75) is 24.8 Å². The Hall–Kier alpha value is -3.12. The highest BCUT2D eigenvalue weighted by Crippen LogP contribution is 2.38. The van der Waals surface area contributed by atoms with Gasteiger partial charge in [0, 0.05) is 18.0 Å². The minimum Gasteiger partial charge on any atom is -0.332 e. The summed E-state index contributed by atoms with van der Waals surface area (Å²) in [5.41, 5.74) is -1.23. The van der Waals surface area contributed by atoms with E-state index in [1.807, 2.05) is 0 Å². The Morgan fingerprint density at radius 2 is 1.68 bits per heavy atom. The average molecular weight is 572 g/mol. The maximum Gasteiger partial charge on any atom is 0.416 e. The zero-order valence-electron chi connectivity index (χ0n) is 19.5. The van der Waals surface area contributed by atoms with E-state index in [-0.39, 0.29) is 22.8 Å². The lowest BCUT2D eigenvalue weighted by atomic mass is 9.95. The maximum atomic E-state index is 13.9. The van der Waals surface area contributed by atoms with Crippen molar-refractivity contribution in [2.24, 2.45) is 4.99 Å². The fraction of sp³-hybridized carbons (Fsp3) is 0.231. The molecule has 0 radical (unpaired) electrons. The first-order valence-electron chi connectivity index (χ1n) is 11.3. The number of anilines is 1. The molecule has 0 amide bonds. The molecule has 1 fully saturated rings. The van der Waals surface area contributed by atoms with Gasteiger partial charge in [-0.2, -0.15) is 26.3 Å². The molecule has 38 heavy (non-hydrogen) atoms. The standard InChI is InChI=1S/C26H20F7N3S2/c27-18-7-3-5-16(13-18)14-22(20-9-1-2-10-21(20)26(31,32)33)35-24-36(11-12-38-24)23(37)34-19-8-4-6-17(15-19)25(28,29)30/h1-10,13,15,22H,11-12,14H2,(H,34,37). The molecule has 3 nitrogen and oxygen atoms in total. The van der Waals surface area contributed by atoms with Crippen molar-refractivity contribution in [3.05, 3.63) is 101 Å². The van der Waals surface area contributed by atoms with E-state index in [1.165, 1.54) is 65.2 Å². The van der Waals surface area contributed by atoms with Crippen LogP contribution in [0.4, 0.5) is 36.4 Å². The van der Waals surface area contributed by atoms with Crippen LogP contribution in [0.3, 0.4) is 0 Å². The molecule has 3 aromatic carbocycles. The maximum absolute atomic E-state index is 13.9. The summed E-state index contributed by atoms with van der Waals surface area (Å²) in [5, 5.41) is 3.14. The van der Waals surface area contributed by atoms with Crippen LogP contribution in [0.15, 0.2) is 77.8 Å². The van der Waals surface area contributed by atoms with Crippen molar-refractivity contribution in [1.29, 1.82) is 0 Å². The van der Waals surface area contributed by atoms with Crippen molar-refractivity contribution in [1.82, 2.24) is 4.90 Å². The third-order valence-corrected chi connectivity index (χ3v) is 6.97. The lowest BCUT2D eigenvalue weighted by Gasteiger charge is -2.24. The molecule has 1 heterocycles. The van der Waals surface area contributed by atoms with E-state index in [0.29, 0.717) is 23.0 Å². The topological polar surface area (TPSA) is 27.6 Å². The molecule has 1 aliphatic rings. The molecule has 0 spiro atoms. The number of nitrogens with one attached hydrogen (secondary N) is 1.